The van der Waals surface area contributed by atoms with Crippen molar-refractivity contribution in [1.82, 2.24) is 20.9 Å². The van der Waals surface area contributed by atoms with Crippen molar-refractivity contribution in [2.45, 2.75) is 64.5 Å². The number of nitrogens with zero attached hydrogens (tertiary/aromatic N) is 2. The molecule has 0 aliphatic heterocycles. The predicted octanol–water partition coefficient (Wildman–Crippen LogP) is 6.06. The van der Waals surface area contributed by atoms with Gasteiger partial charge in [0.05, 0.1) is 35.0 Å². The molecule has 0 unspecified atom stereocenters. The van der Waals surface area contributed by atoms with Gasteiger partial charge in [-0.15, -0.1) is 0 Å². The van der Waals surface area contributed by atoms with Crippen LogP contribution in [0.5, 0.6) is 0 Å². The molecule has 0 radical (unpaired) electrons. The summed E-state index contributed by atoms with van der Waals surface area (Å²) in [6, 6.07) is 3.57. The maximum atomic E-state index is 13.5. The number of alkyl halides is 6. The lowest BCUT2D eigenvalue weighted by Crippen LogP contribution is -2.45. The van der Waals surface area contributed by atoms with Crippen LogP contribution in [0.2, 0.25) is 0 Å². The zero-order valence-corrected chi connectivity index (χ0v) is 22.8. The third kappa shape index (κ3) is 8.12. The van der Waals surface area contributed by atoms with Crippen molar-refractivity contribution in [3.05, 3.63) is 71.4 Å². The molecule has 9 nitrogen and oxygen atoms in total. The van der Waals surface area contributed by atoms with E-state index < -0.39 is 52.9 Å². The first-order chi connectivity index (χ1) is 19.4. The molecular weight excluding hydrogens is 574 g/mol. The van der Waals surface area contributed by atoms with E-state index >= 15 is 0 Å². The molecule has 230 valence electrons. The molecule has 2 aromatic heterocycles. The fraction of sp³-hybridized carbons (Fsp3) is 0.444. The standard InChI is InChI=1S/C27H30F6N4O5/c1-14(36-40)20(38)18(8-5-7-15-11-16(26(28,29)30)13-17(12-15)27(31,32)33)23(39)34-21(25(2,3)4)22-35-24(42-37-22)19-9-6-10-41-19/h6,9-13,18,20-21,36,38,40H,1,5,7-8H2,2-4H3,(H,34,39)/t18-,20-,21-/m1/s1. The largest absolute Gasteiger partial charge is 0.459 e. The van der Waals surface area contributed by atoms with Crippen molar-refractivity contribution in [3.63, 3.8) is 0 Å². The molecule has 3 rings (SSSR count). The monoisotopic (exact) mass is 604 g/mol. The first kappa shape index (κ1) is 32.7. The van der Waals surface area contributed by atoms with Gasteiger partial charge in [0.2, 0.25) is 5.91 Å². The minimum atomic E-state index is -5.01. The molecular formula is C27H30F6N4O5. The van der Waals surface area contributed by atoms with Gasteiger partial charge in [-0.05, 0) is 60.6 Å². The molecule has 0 aliphatic rings. The van der Waals surface area contributed by atoms with Crippen LogP contribution in [-0.2, 0) is 23.6 Å². The number of amides is 1. The van der Waals surface area contributed by atoms with Gasteiger partial charge in [0.1, 0.15) is 6.10 Å². The van der Waals surface area contributed by atoms with Gasteiger partial charge in [-0.2, -0.15) is 31.3 Å². The summed E-state index contributed by atoms with van der Waals surface area (Å²) in [7, 11) is 0. The summed E-state index contributed by atoms with van der Waals surface area (Å²) in [4.78, 5) is 17.7. The van der Waals surface area contributed by atoms with Crippen LogP contribution in [-0.4, -0.2) is 32.5 Å². The van der Waals surface area contributed by atoms with Gasteiger partial charge in [0.15, 0.2) is 11.6 Å². The highest BCUT2D eigenvalue weighted by Gasteiger charge is 2.38. The number of carbonyl (C=O) groups is 1. The molecule has 0 spiro atoms. The van der Waals surface area contributed by atoms with Gasteiger partial charge < -0.3 is 19.4 Å². The van der Waals surface area contributed by atoms with E-state index in [9.17, 15) is 41.5 Å². The highest BCUT2D eigenvalue weighted by atomic mass is 19.4. The van der Waals surface area contributed by atoms with Gasteiger partial charge >= 0.3 is 12.4 Å². The lowest BCUT2D eigenvalue weighted by Gasteiger charge is -2.31. The predicted molar refractivity (Wildman–Crippen MR) is 135 cm³/mol. The Bertz CT molecular complexity index is 1330. The number of aliphatic hydroxyl groups excluding tert-OH is 1. The number of furan rings is 1. The number of aliphatic hydroxyl groups is 1. The van der Waals surface area contributed by atoms with E-state index in [4.69, 9.17) is 8.94 Å². The molecule has 1 amide bonds. The van der Waals surface area contributed by atoms with Gasteiger partial charge in [-0.1, -0.05) is 32.5 Å². The maximum absolute atomic E-state index is 13.5. The molecule has 3 atom stereocenters. The van der Waals surface area contributed by atoms with E-state index in [1.54, 1.807) is 38.4 Å². The van der Waals surface area contributed by atoms with Crippen molar-refractivity contribution in [2.24, 2.45) is 11.3 Å². The number of halogens is 6. The molecule has 0 aliphatic carbocycles. The van der Waals surface area contributed by atoms with Crippen molar-refractivity contribution in [3.8, 4) is 11.7 Å². The number of rotatable bonds is 11. The Hall–Kier alpha value is -3.85. The topological polar surface area (TPSA) is 134 Å². The van der Waals surface area contributed by atoms with Gasteiger partial charge in [0.25, 0.3) is 5.89 Å². The van der Waals surface area contributed by atoms with Crippen LogP contribution in [0.1, 0.15) is 62.2 Å². The molecule has 0 bridgehead atoms. The second-order valence-electron chi connectivity index (χ2n) is 10.7. The van der Waals surface area contributed by atoms with E-state index in [0.29, 0.717) is 12.1 Å². The summed E-state index contributed by atoms with van der Waals surface area (Å²) in [5, 5.41) is 26.6. The average Bonchev–Trinajstić information content (AvgIpc) is 3.59. The van der Waals surface area contributed by atoms with E-state index in [0.717, 1.165) is 0 Å². The fourth-order valence-electron chi connectivity index (χ4n) is 4.20. The Morgan fingerprint density at radius 2 is 1.69 bits per heavy atom. The lowest BCUT2D eigenvalue weighted by atomic mass is 9.85. The van der Waals surface area contributed by atoms with E-state index in [2.05, 4.69) is 22.0 Å². The van der Waals surface area contributed by atoms with Gasteiger partial charge in [-0.3, -0.25) is 15.5 Å². The summed E-state index contributed by atoms with van der Waals surface area (Å²) in [6.07, 6.45) is -10.9. The Morgan fingerprint density at radius 3 is 2.19 bits per heavy atom. The molecule has 3 aromatic rings. The highest BCUT2D eigenvalue weighted by molar-refractivity contribution is 5.80. The van der Waals surface area contributed by atoms with E-state index in [1.165, 1.54) is 6.26 Å². The number of hydroxylamine groups is 1. The fourth-order valence-corrected chi connectivity index (χ4v) is 4.20. The SMILES string of the molecule is C=C(NO)[C@@H](O)[C@@H](CCCc1cc(C(F)(F)F)cc(C(F)(F)F)c1)C(=O)N[C@H](c1noc(-c2ccco2)n1)C(C)(C)C. The maximum Gasteiger partial charge on any atom is 0.416 e. The van der Waals surface area contributed by atoms with Crippen LogP contribution in [0, 0.1) is 11.3 Å². The second kappa shape index (κ2) is 12.6. The summed E-state index contributed by atoms with van der Waals surface area (Å²) in [5.41, 5.74) is -2.55. The number of benzene rings is 1. The molecule has 2 heterocycles. The van der Waals surface area contributed by atoms with Crippen LogP contribution in [0.25, 0.3) is 11.7 Å². The normalized spacial score (nSPS) is 14.7. The number of carbonyl (C=O) groups excluding carboxylic acids is 1. The minimum Gasteiger partial charge on any atom is -0.459 e. The summed E-state index contributed by atoms with van der Waals surface area (Å²) in [6.45, 7) is 8.76. The highest BCUT2D eigenvalue weighted by Crippen LogP contribution is 2.37. The molecule has 1 aromatic carbocycles. The number of aromatic nitrogens is 2. The number of hydrogen-bond acceptors (Lipinski definition) is 8. The molecule has 0 fully saturated rings. The second-order valence-corrected chi connectivity index (χ2v) is 10.7. The molecule has 42 heavy (non-hydrogen) atoms. The van der Waals surface area contributed by atoms with Gasteiger partial charge in [0, 0.05) is 0 Å². The van der Waals surface area contributed by atoms with Crippen LogP contribution < -0.4 is 10.8 Å². The number of aryl methyl sites for hydroxylation is 1. The van der Waals surface area contributed by atoms with Crippen LogP contribution >= 0.6 is 0 Å². The molecule has 0 saturated carbocycles. The lowest BCUT2D eigenvalue weighted by molar-refractivity contribution is -0.143. The first-order valence-corrected chi connectivity index (χ1v) is 12.6. The Balaban J connectivity index is 1.83. The third-order valence-electron chi connectivity index (χ3n) is 6.43. The Morgan fingerprint density at radius 1 is 1.07 bits per heavy atom. The van der Waals surface area contributed by atoms with Crippen LogP contribution in [0.4, 0.5) is 26.3 Å². The number of hydrogen-bond donors (Lipinski definition) is 4. The zero-order valence-electron chi connectivity index (χ0n) is 22.8. The van der Waals surface area contributed by atoms with E-state index in [1.807, 2.05) is 0 Å². The van der Waals surface area contributed by atoms with Gasteiger partial charge in [-0.25, -0.2) is 0 Å². The first-order valence-electron chi connectivity index (χ1n) is 12.6. The quantitative estimate of drug-likeness (QED) is 0.153. The third-order valence-corrected chi connectivity index (χ3v) is 6.43. The number of nitrogens with one attached hydrogen (secondary N) is 2. The molecule has 4 N–H and O–H groups in total. The molecule has 0 saturated heterocycles. The smallest absolute Gasteiger partial charge is 0.416 e. The summed E-state index contributed by atoms with van der Waals surface area (Å²) < 4.78 is 90.0. The van der Waals surface area contributed by atoms with Crippen LogP contribution in [0.15, 0.2) is 57.8 Å². The van der Waals surface area contributed by atoms with E-state index in [-0.39, 0.29) is 54.1 Å². The Labute approximate surface area is 236 Å². The van der Waals surface area contributed by atoms with Crippen molar-refractivity contribution >= 4 is 5.91 Å². The summed E-state index contributed by atoms with van der Waals surface area (Å²) >= 11 is 0. The zero-order chi connectivity index (χ0) is 31.5. The van der Waals surface area contributed by atoms with Crippen molar-refractivity contribution < 1.29 is 50.4 Å². The van der Waals surface area contributed by atoms with Crippen LogP contribution in [0.3, 0.4) is 0 Å². The molecule has 15 heteroatoms. The van der Waals surface area contributed by atoms with Crippen molar-refractivity contribution in [2.75, 3.05) is 0 Å². The Kier molecular flexibility index (Phi) is 9.77. The minimum absolute atomic E-state index is 0.0300. The average molecular weight is 605 g/mol. The summed E-state index contributed by atoms with van der Waals surface area (Å²) in [5.74, 6) is -1.67. The van der Waals surface area contributed by atoms with Crippen molar-refractivity contribution in [1.29, 1.82) is 0 Å².